The summed E-state index contributed by atoms with van der Waals surface area (Å²) in [5, 5.41) is 13.8. The van der Waals surface area contributed by atoms with Gasteiger partial charge in [0, 0.05) is 12.1 Å². The highest BCUT2D eigenvalue weighted by molar-refractivity contribution is 5.93. The smallest absolute Gasteiger partial charge is 0.286 e. The van der Waals surface area contributed by atoms with E-state index in [1.54, 1.807) is 0 Å². The molecule has 2 rings (SSSR count). The molecule has 9 nitrogen and oxygen atoms in total. The molecule has 1 aromatic heterocycles. The average Bonchev–Trinajstić information content (AvgIpc) is 2.51. The first kappa shape index (κ1) is 17.6. The minimum absolute atomic E-state index is 0.0243. The molecule has 2 atom stereocenters. The molecule has 0 unspecified atom stereocenters. The number of carbonyl (C=O) groups is 2. The van der Waals surface area contributed by atoms with Gasteiger partial charge >= 0.3 is 0 Å². The van der Waals surface area contributed by atoms with E-state index in [0.717, 1.165) is 42.5 Å². The van der Waals surface area contributed by atoms with Crippen LogP contribution in [0.2, 0.25) is 0 Å². The molecule has 0 spiro atoms. The molecule has 0 aliphatic heterocycles. The van der Waals surface area contributed by atoms with E-state index in [9.17, 15) is 24.5 Å². The largest absolute Gasteiger partial charge is 0.365 e. The van der Waals surface area contributed by atoms with Gasteiger partial charge in [-0.15, -0.1) is 0 Å². The van der Waals surface area contributed by atoms with E-state index in [1.165, 1.54) is 0 Å². The van der Waals surface area contributed by atoms with Crippen LogP contribution in [-0.2, 0) is 11.3 Å². The summed E-state index contributed by atoms with van der Waals surface area (Å²) in [7, 11) is 0. The summed E-state index contributed by atoms with van der Waals surface area (Å²) in [6.07, 6.45) is 4.98. The number of nitrogens with two attached hydrogens (primary N) is 1. The van der Waals surface area contributed by atoms with Gasteiger partial charge in [0.15, 0.2) is 0 Å². The summed E-state index contributed by atoms with van der Waals surface area (Å²) >= 11 is 0. The Labute approximate surface area is 138 Å². The molecule has 3 N–H and O–H groups in total. The van der Waals surface area contributed by atoms with E-state index in [-0.39, 0.29) is 6.04 Å². The maximum atomic E-state index is 12.2. The van der Waals surface area contributed by atoms with Gasteiger partial charge in [0.25, 0.3) is 17.2 Å². The summed E-state index contributed by atoms with van der Waals surface area (Å²) in [4.78, 5) is 45.8. The van der Waals surface area contributed by atoms with Gasteiger partial charge < -0.3 is 11.1 Å². The zero-order chi connectivity index (χ0) is 17.9. The van der Waals surface area contributed by atoms with Crippen LogP contribution in [0, 0.1) is 16.0 Å². The third kappa shape index (κ3) is 3.98. The molecule has 9 heteroatoms. The molecule has 1 heterocycles. The number of primary amides is 1. The first-order chi connectivity index (χ1) is 11.3. The Hall–Kier alpha value is -2.71. The number of amides is 2. The summed E-state index contributed by atoms with van der Waals surface area (Å²) in [6.45, 7) is 1.65. The second-order valence-corrected chi connectivity index (χ2v) is 6.10. The van der Waals surface area contributed by atoms with Crippen LogP contribution in [-0.4, -0.2) is 27.3 Å². The third-order valence-corrected chi connectivity index (χ3v) is 4.32. The number of rotatable bonds is 5. The van der Waals surface area contributed by atoms with Gasteiger partial charge in [0.2, 0.25) is 5.91 Å². The molecule has 1 aliphatic rings. The second-order valence-electron chi connectivity index (χ2n) is 6.10. The van der Waals surface area contributed by atoms with Crippen molar-refractivity contribution in [2.75, 3.05) is 0 Å². The third-order valence-electron chi connectivity index (χ3n) is 4.32. The second kappa shape index (κ2) is 7.24. The Kier molecular flexibility index (Phi) is 5.32. The van der Waals surface area contributed by atoms with Crippen molar-refractivity contribution in [3.05, 3.63) is 38.3 Å². The van der Waals surface area contributed by atoms with Crippen LogP contribution in [0.4, 0.5) is 5.69 Å². The van der Waals surface area contributed by atoms with Crippen LogP contribution in [0.5, 0.6) is 0 Å². The van der Waals surface area contributed by atoms with Crippen molar-refractivity contribution in [2.24, 2.45) is 11.7 Å². The van der Waals surface area contributed by atoms with Gasteiger partial charge in [0.1, 0.15) is 12.1 Å². The molecular formula is C15H20N4O5. The van der Waals surface area contributed by atoms with Crippen LogP contribution in [0.3, 0.4) is 0 Å². The van der Waals surface area contributed by atoms with Crippen molar-refractivity contribution >= 4 is 17.5 Å². The molecule has 2 amide bonds. The Bertz CT molecular complexity index is 727. The fraction of sp³-hybridized carbons (Fsp3) is 0.533. The zero-order valence-electron chi connectivity index (χ0n) is 13.4. The van der Waals surface area contributed by atoms with Crippen LogP contribution in [0.25, 0.3) is 0 Å². The topological polar surface area (TPSA) is 137 Å². The number of nitrogens with one attached hydrogen (secondary N) is 1. The van der Waals surface area contributed by atoms with Gasteiger partial charge in [-0.3, -0.25) is 29.1 Å². The van der Waals surface area contributed by atoms with E-state index in [0.29, 0.717) is 5.92 Å². The van der Waals surface area contributed by atoms with Gasteiger partial charge in [-0.2, -0.15) is 0 Å². The minimum atomic E-state index is -1.07. The van der Waals surface area contributed by atoms with Crippen molar-refractivity contribution in [3.63, 3.8) is 0 Å². The Morgan fingerprint density at radius 2 is 2.08 bits per heavy atom. The lowest BCUT2D eigenvalue weighted by Gasteiger charge is -2.29. The van der Waals surface area contributed by atoms with Crippen molar-refractivity contribution in [2.45, 2.75) is 45.2 Å². The predicted molar refractivity (Wildman–Crippen MR) is 85.4 cm³/mol. The highest BCUT2D eigenvalue weighted by Crippen LogP contribution is 2.23. The molecule has 1 aromatic rings. The number of carbonyl (C=O) groups excluding carboxylic acids is 2. The van der Waals surface area contributed by atoms with E-state index in [1.807, 2.05) is 0 Å². The molecule has 130 valence electrons. The van der Waals surface area contributed by atoms with Gasteiger partial charge in [-0.25, -0.2) is 0 Å². The van der Waals surface area contributed by atoms with E-state index in [4.69, 9.17) is 5.73 Å². The summed E-state index contributed by atoms with van der Waals surface area (Å²) < 4.78 is 0.848. The molecular weight excluding hydrogens is 316 g/mol. The minimum Gasteiger partial charge on any atom is -0.365 e. The van der Waals surface area contributed by atoms with E-state index in [2.05, 4.69) is 12.2 Å². The number of hydrogen-bond acceptors (Lipinski definition) is 5. The van der Waals surface area contributed by atoms with Gasteiger partial charge in [-0.05, 0) is 18.8 Å². The van der Waals surface area contributed by atoms with Gasteiger partial charge in [-0.1, -0.05) is 19.8 Å². The molecule has 1 aliphatic carbocycles. The van der Waals surface area contributed by atoms with Crippen molar-refractivity contribution in [3.8, 4) is 0 Å². The quantitative estimate of drug-likeness (QED) is 0.597. The summed E-state index contributed by atoms with van der Waals surface area (Å²) in [5.41, 5.74) is 3.27. The van der Waals surface area contributed by atoms with Gasteiger partial charge in [0.05, 0.1) is 11.1 Å². The number of nitrogens with zero attached hydrogens (tertiary/aromatic N) is 2. The first-order valence-electron chi connectivity index (χ1n) is 7.77. The summed E-state index contributed by atoms with van der Waals surface area (Å²) in [5.74, 6) is -1.16. The molecule has 1 saturated carbocycles. The molecule has 0 radical (unpaired) electrons. The fourth-order valence-corrected chi connectivity index (χ4v) is 2.95. The zero-order valence-corrected chi connectivity index (χ0v) is 13.4. The highest BCUT2D eigenvalue weighted by atomic mass is 16.6. The lowest BCUT2D eigenvalue weighted by Crippen LogP contribution is -2.44. The number of aromatic nitrogens is 1. The van der Waals surface area contributed by atoms with E-state index < -0.39 is 40.1 Å². The number of nitro groups is 1. The van der Waals surface area contributed by atoms with Crippen LogP contribution < -0.4 is 16.6 Å². The summed E-state index contributed by atoms with van der Waals surface area (Å²) in [6, 6.07) is 0.846. The van der Waals surface area contributed by atoms with Crippen molar-refractivity contribution < 1.29 is 14.5 Å². The Morgan fingerprint density at radius 3 is 2.67 bits per heavy atom. The standard InChI is InChI=1S/C15H20N4O5/c1-9-4-2-3-5-12(9)17-13(20)8-18-7-10(19(23)24)6-11(14(16)21)15(18)22/h6-7,9,12H,2-5,8H2,1H3,(H2,16,21)(H,17,20)/t9-,12+/m0/s1. The first-order valence-corrected chi connectivity index (χ1v) is 7.77. The fourth-order valence-electron chi connectivity index (χ4n) is 2.95. The maximum absolute atomic E-state index is 12.2. The predicted octanol–water partition coefficient (Wildman–Crippen LogP) is 0.550. The van der Waals surface area contributed by atoms with Crippen molar-refractivity contribution in [1.29, 1.82) is 0 Å². The molecule has 0 bridgehead atoms. The number of pyridine rings is 1. The van der Waals surface area contributed by atoms with E-state index >= 15 is 0 Å². The lowest BCUT2D eigenvalue weighted by molar-refractivity contribution is -0.385. The SMILES string of the molecule is C[C@H]1CCCC[C@H]1NC(=O)Cn1cc([N+](=O)[O-])cc(C(N)=O)c1=O. The lowest BCUT2D eigenvalue weighted by atomic mass is 9.86. The molecule has 1 fully saturated rings. The van der Waals surface area contributed by atoms with Crippen LogP contribution in [0.15, 0.2) is 17.1 Å². The molecule has 0 saturated heterocycles. The van der Waals surface area contributed by atoms with Crippen LogP contribution >= 0.6 is 0 Å². The Morgan fingerprint density at radius 1 is 1.42 bits per heavy atom. The maximum Gasteiger partial charge on any atom is 0.286 e. The number of hydrogen-bond donors (Lipinski definition) is 2. The molecule has 24 heavy (non-hydrogen) atoms. The van der Waals surface area contributed by atoms with Crippen molar-refractivity contribution in [1.82, 2.24) is 9.88 Å². The normalized spacial score (nSPS) is 20.4. The molecule has 0 aromatic carbocycles. The monoisotopic (exact) mass is 336 g/mol. The van der Waals surface area contributed by atoms with Crippen LogP contribution in [0.1, 0.15) is 43.0 Å². The Balaban J connectivity index is 2.21. The average molecular weight is 336 g/mol. The highest BCUT2D eigenvalue weighted by Gasteiger charge is 2.24.